The number of carbonyl (C=O) groups is 1. The van der Waals surface area contributed by atoms with Crippen LogP contribution in [0.15, 0.2) is 28.7 Å². The number of carbonyl (C=O) groups excluding carboxylic acids is 1. The second-order valence-electron chi connectivity index (χ2n) is 2.49. The molecule has 0 aliphatic heterocycles. The van der Waals surface area contributed by atoms with Gasteiger partial charge in [0, 0.05) is 4.47 Å². The second-order valence-corrected chi connectivity index (χ2v) is 3.77. The lowest BCUT2D eigenvalue weighted by Gasteiger charge is -2.14. The SMILES string of the molecule is NC(=S)N(N)C(=O)c1ccccc1Br. The summed E-state index contributed by atoms with van der Waals surface area (Å²) < 4.78 is 0.650. The van der Waals surface area contributed by atoms with Gasteiger partial charge in [-0.2, -0.15) is 0 Å². The molecule has 0 saturated carbocycles. The van der Waals surface area contributed by atoms with Crippen molar-refractivity contribution in [3.8, 4) is 0 Å². The molecular formula is C8H8BrN3OS. The molecule has 0 bridgehead atoms. The molecule has 6 heteroatoms. The quantitative estimate of drug-likeness (QED) is 0.347. The summed E-state index contributed by atoms with van der Waals surface area (Å²) in [6.45, 7) is 0. The Balaban J connectivity index is 3.01. The van der Waals surface area contributed by atoms with Crippen molar-refractivity contribution in [1.29, 1.82) is 0 Å². The van der Waals surface area contributed by atoms with E-state index in [4.69, 9.17) is 11.6 Å². The number of hydrogen-bond donors (Lipinski definition) is 2. The number of hydrazine groups is 1. The zero-order valence-corrected chi connectivity index (χ0v) is 9.51. The van der Waals surface area contributed by atoms with Crippen LogP contribution in [0, 0.1) is 0 Å². The van der Waals surface area contributed by atoms with Crippen molar-refractivity contribution >= 4 is 39.2 Å². The van der Waals surface area contributed by atoms with Gasteiger partial charge in [-0.05, 0) is 40.3 Å². The van der Waals surface area contributed by atoms with Crippen LogP contribution in [0.2, 0.25) is 0 Å². The minimum atomic E-state index is -0.440. The topological polar surface area (TPSA) is 72.3 Å². The van der Waals surface area contributed by atoms with Gasteiger partial charge in [0.1, 0.15) is 0 Å². The van der Waals surface area contributed by atoms with Gasteiger partial charge in [0.25, 0.3) is 5.91 Å². The molecule has 0 aliphatic carbocycles. The Kier molecular flexibility index (Phi) is 3.56. The lowest BCUT2D eigenvalue weighted by atomic mass is 10.2. The molecule has 1 rings (SSSR count). The fraction of sp³-hybridized carbons (Fsp3) is 0. The minimum Gasteiger partial charge on any atom is -0.375 e. The Morgan fingerprint density at radius 1 is 1.43 bits per heavy atom. The first kappa shape index (κ1) is 11.1. The van der Waals surface area contributed by atoms with Crippen molar-refractivity contribution < 1.29 is 4.79 Å². The Morgan fingerprint density at radius 2 is 2.00 bits per heavy atom. The summed E-state index contributed by atoms with van der Waals surface area (Å²) in [6, 6.07) is 6.89. The summed E-state index contributed by atoms with van der Waals surface area (Å²) in [5, 5.41) is 0.570. The Morgan fingerprint density at radius 3 is 2.50 bits per heavy atom. The molecule has 0 aromatic heterocycles. The van der Waals surface area contributed by atoms with Crippen LogP contribution >= 0.6 is 28.1 Å². The van der Waals surface area contributed by atoms with Crippen LogP contribution in [-0.2, 0) is 0 Å². The summed E-state index contributed by atoms with van der Waals surface area (Å²) in [7, 11) is 0. The molecule has 14 heavy (non-hydrogen) atoms. The van der Waals surface area contributed by atoms with Gasteiger partial charge in [-0.25, -0.2) is 10.9 Å². The van der Waals surface area contributed by atoms with Gasteiger partial charge in [-0.15, -0.1) is 0 Å². The number of benzene rings is 1. The van der Waals surface area contributed by atoms with Gasteiger partial charge in [-0.3, -0.25) is 4.79 Å². The highest BCUT2D eigenvalue weighted by atomic mass is 79.9. The number of nitrogens with zero attached hydrogens (tertiary/aromatic N) is 1. The van der Waals surface area contributed by atoms with Crippen LogP contribution in [0.4, 0.5) is 0 Å². The molecule has 1 aromatic carbocycles. The normalized spacial score (nSPS) is 9.57. The van der Waals surface area contributed by atoms with Crippen molar-refractivity contribution in [2.45, 2.75) is 0 Å². The number of halogens is 1. The predicted octanol–water partition coefficient (Wildman–Crippen LogP) is 1.01. The van der Waals surface area contributed by atoms with Crippen molar-refractivity contribution in [3.05, 3.63) is 34.3 Å². The second kappa shape index (κ2) is 4.50. The highest BCUT2D eigenvalue weighted by molar-refractivity contribution is 9.10. The Labute approximate surface area is 95.0 Å². The summed E-state index contributed by atoms with van der Waals surface area (Å²) in [4.78, 5) is 11.6. The zero-order valence-electron chi connectivity index (χ0n) is 7.11. The highest BCUT2D eigenvalue weighted by Crippen LogP contribution is 2.16. The van der Waals surface area contributed by atoms with E-state index in [1.54, 1.807) is 24.3 Å². The standard InChI is InChI=1S/C8H8BrN3OS/c9-6-4-2-1-3-5(6)7(13)12(11)8(10)14/h1-4H,11H2,(H2,10,14). The first-order chi connectivity index (χ1) is 6.54. The smallest absolute Gasteiger partial charge is 0.275 e. The van der Waals surface area contributed by atoms with E-state index in [1.807, 2.05) is 0 Å². The number of thiocarbonyl (C=S) groups is 1. The van der Waals surface area contributed by atoms with Crippen LogP contribution < -0.4 is 11.6 Å². The van der Waals surface area contributed by atoms with Gasteiger partial charge < -0.3 is 5.73 Å². The number of rotatable bonds is 1. The molecule has 0 fully saturated rings. The summed E-state index contributed by atoms with van der Waals surface area (Å²) >= 11 is 7.81. The molecule has 0 spiro atoms. The number of hydrogen-bond acceptors (Lipinski definition) is 3. The van der Waals surface area contributed by atoms with E-state index in [9.17, 15) is 4.79 Å². The van der Waals surface area contributed by atoms with Crippen molar-refractivity contribution in [3.63, 3.8) is 0 Å². The molecule has 4 N–H and O–H groups in total. The van der Waals surface area contributed by atoms with Crippen LogP contribution in [-0.4, -0.2) is 16.0 Å². The third-order valence-electron chi connectivity index (χ3n) is 1.56. The molecule has 74 valence electrons. The van der Waals surface area contributed by atoms with Gasteiger partial charge in [0.2, 0.25) is 0 Å². The van der Waals surface area contributed by atoms with Crippen molar-refractivity contribution in [2.24, 2.45) is 11.6 Å². The molecule has 1 aromatic rings. The molecule has 0 unspecified atom stereocenters. The Bertz CT molecular complexity index is 383. The Hall–Kier alpha value is -0.980. The first-order valence-corrected chi connectivity index (χ1v) is 4.87. The summed E-state index contributed by atoms with van der Waals surface area (Å²) in [6.07, 6.45) is 0. The van der Waals surface area contributed by atoms with Crippen LogP contribution in [0.5, 0.6) is 0 Å². The third-order valence-corrected chi connectivity index (χ3v) is 2.45. The van der Waals surface area contributed by atoms with Gasteiger partial charge in [-0.1, -0.05) is 12.1 Å². The van der Waals surface area contributed by atoms with Gasteiger partial charge >= 0.3 is 0 Å². The minimum absolute atomic E-state index is 0.161. The van der Waals surface area contributed by atoms with E-state index < -0.39 is 5.91 Å². The third kappa shape index (κ3) is 2.28. The van der Waals surface area contributed by atoms with E-state index in [1.165, 1.54) is 0 Å². The lowest BCUT2D eigenvalue weighted by molar-refractivity contribution is 0.0847. The molecule has 0 heterocycles. The van der Waals surface area contributed by atoms with E-state index in [0.717, 1.165) is 5.01 Å². The predicted molar refractivity (Wildman–Crippen MR) is 61.3 cm³/mol. The van der Waals surface area contributed by atoms with E-state index >= 15 is 0 Å². The fourth-order valence-electron chi connectivity index (χ4n) is 0.865. The molecule has 0 atom stereocenters. The van der Waals surface area contributed by atoms with E-state index in [-0.39, 0.29) is 5.11 Å². The van der Waals surface area contributed by atoms with Crippen LogP contribution in [0.25, 0.3) is 0 Å². The maximum Gasteiger partial charge on any atom is 0.275 e. The van der Waals surface area contributed by atoms with Crippen molar-refractivity contribution in [1.82, 2.24) is 5.01 Å². The van der Waals surface area contributed by atoms with Gasteiger partial charge in [0.15, 0.2) is 5.11 Å². The molecule has 4 nitrogen and oxygen atoms in total. The largest absolute Gasteiger partial charge is 0.375 e. The average Bonchev–Trinajstić information content (AvgIpc) is 2.16. The van der Waals surface area contributed by atoms with E-state index in [2.05, 4.69) is 28.1 Å². The monoisotopic (exact) mass is 273 g/mol. The molecule has 0 saturated heterocycles. The number of nitrogens with two attached hydrogens (primary N) is 2. The maximum absolute atomic E-state index is 11.6. The first-order valence-electron chi connectivity index (χ1n) is 3.67. The fourth-order valence-corrected chi connectivity index (χ4v) is 1.40. The van der Waals surface area contributed by atoms with Gasteiger partial charge in [0.05, 0.1) is 5.56 Å². The average molecular weight is 274 g/mol. The van der Waals surface area contributed by atoms with E-state index in [0.29, 0.717) is 10.0 Å². The zero-order chi connectivity index (χ0) is 10.7. The van der Waals surface area contributed by atoms with Crippen LogP contribution in [0.1, 0.15) is 10.4 Å². The summed E-state index contributed by atoms with van der Waals surface area (Å²) in [5.41, 5.74) is 5.64. The maximum atomic E-state index is 11.6. The highest BCUT2D eigenvalue weighted by Gasteiger charge is 2.16. The molecule has 0 radical (unpaired) electrons. The molecular weight excluding hydrogens is 266 g/mol. The molecule has 1 amide bonds. The van der Waals surface area contributed by atoms with Crippen LogP contribution in [0.3, 0.4) is 0 Å². The lowest BCUT2D eigenvalue weighted by Crippen LogP contribution is -2.45. The number of amides is 1. The molecule has 0 aliphatic rings. The summed E-state index contributed by atoms with van der Waals surface area (Å²) in [5.74, 6) is 4.92. The van der Waals surface area contributed by atoms with Crippen molar-refractivity contribution in [2.75, 3.05) is 0 Å².